The molecular formula is C14H18N4O5. The zero-order chi connectivity index (χ0) is 17.2. The largest absolute Gasteiger partial charge is 0.445 e. The number of hydrogen-bond donors (Lipinski definition) is 4. The van der Waals surface area contributed by atoms with Gasteiger partial charge in [-0.3, -0.25) is 14.4 Å². The Bertz CT molecular complexity index is 576. The van der Waals surface area contributed by atoms with Gasteiger partial charge in [-0.25, -0.2) is 4.79 Å². The molecule has 6 N–H and O–H groups in total. The van der Waals surface area contributed by atoms with Crippen molar-refractivity contribution >= 4 is 23.8 Å². The molecule has 0 saturated carbocycles. The number of carbonyl (C=O) groups excluding carboxylic acids is 4. The van der Waals surface area contributed by atoms with Gasteiger partial charge >= 0.3 is 6.09 Å². The van der Waals surface area contributed by atoms with Gasteiger partial charge in [0.25, 0.3) is 0 Å². The van der Waals surface area contributed by atoms with Gasteiger partial charge in [0.05, 0.1) is 13.0 Å². The summed E-state index contributed by atoms with van der Waals surface area (Å²) in [6.07, 6.45) is -1.33. The van der Waals surface area contributed by atoms with Crippen LogP contribution in [0.2, 0.25) is 0 Å². The predicted octanol–water partition coefficient (Wildman–Crippen LogP) is -1.24. The number of primary amides is 2. The summed E-state index contributed by atoms with van der Waals surface area (Å²) in [5.41, 5.74) is 10.7. The molecule has 1 rings (SSSR count). The van der Waals surface area contributed by atoms with Gasteiger partial charge in [-0.05, 0) is 5.56 Å². The number of nitrogens with one attached hydrogen (secondary N) is 2. The van der Waals surface area contributed by atoms with E-state index in [2.05, 4.69) is 10.6 Å². The van der Waals surface area contributed by atoms with Crippen LogP contribution in [0.3, 0.4) is 0 Å². The van der Waals surface area contributed by atoms with Crippen LogP contribution >= 0.6 is 0 Å². The van der Waals surface area contributed by atoms with Crippen LogP contribution in [-0.2, 0) is 25.7 Å². The maximum absolute atomic E-state index is 11.8. The van der Waals surface area contributed by atoms with Gasteiger partial charge in [0.2, 0.25) is 17.7 Å². The van der Waals surface area contributed by atoms with E-state index in [4.69, 9.17) is 16.2 Å². The molecule has 1 aromatic rings. The number of ether oxygens (including phenoxy) is 1. The summed E-state index contributed by atoms with van der Waals surface area (Å²) in [5.74, 6) is -2.32. The Morgan fingerprint density at radius 3 is 2.26 bits per heavy atom. The van der Waals surface area contributed by atoms with Gasteiger partial charge in [0, 0.05) is 0 Å². The van der Waals surface area contributed by atoms with Crippen molar-refractivity contribution in [3.05, 3.63) is 35.9 Å². The fourth-order valence-corrected chi connectivity index (χ4v) is 1.61. The van der Waals surface area contributed by atoms with Crippen molar-refractivity contribution in [2.75, 3.05) is 6.54 Å². The van der Waals surface area contributed by atoms with E-state index in [1.165, 1.54) is 0 Å². The first-order valence-electron chi connectivity index (χ1n) is 6.70. The van der Waals surface area contributed by atoms with Gasteiger partial charge in [-0.15, -0.1) is 0 Å². The number of nitrogens with two attached hydrogens (primary N) is 2. The Morgan fingerprint density at radius 2 is 1.70 bits per heavy atom. The lowest BCUT2D eigenvalue weighted by atomic mass is 10.2. The molecule has 124 valence electrons. The fraction of sp³-hybridized carbons (Fsp3) is 0.286. The van der Waals surface area contributed by atoms with Gasteiger partial charge < -0.3 is 26.8 Å². The Labute approximate surface area is 132 Å². The number of carbonyl (C=O) groups is 4. The minimum Gasteiger partial charge on any atom is -0.445 e. The van der Waals surface area contributed by atoms with Crippen molar-refractivity contribution < 1.29 is 23.9 Å². The lowest BCUT2D eigenvalue weighted by Gasteiger charge is -2.16. The third-order valence-corrected chi connectivity index (χ3v) is 2.66. The van der Waals surface area contributed by atoms with Gasteiger partial charge in [0.15, 0.2) is 0 Å². The van der Waals surface area contributed by atoms with Crippen LogP contribution in [-0.4, -0.2) is 36.4 Å². The second kappa shape index (κ2) is 9.03. The summed E-state index contributed by atoms with van der Waals surface area (Å²) in [6.45, 7) is -0.423. The Morgan fingerprint density at radius 1 is 1.04 bits per heavy atom. The third kappa shape index (κ3) is 7.46. The lowest BCUT2D eigenvalue weighted by Crippen LogP contribution is -2.50. The number of amides is 4. The molecule has 0 aromatic heterocycles. The molecule has 0 spiro atoms. The van der Waals surface area contributed by atoms with Crippen LogP contribution in [0, 0.1) is 0 Å². The highest BCUT2D eigenvalue weighted by Crippen LogP contribution is 2.01. The van der Waals surface area contributed by atoms with E-state index in [0.717, 1.165) is 5.56 Å². The van der Waals surface area contributed by atoms with Crippen molar-refractivity contribution in [2.24, 2.45) is 11.5 Å². The highest BCUT2D eigenvalue weighted by Gasteiger charge is 2.23. The van der Waals surface area contributed by atoms with E-state index >= 15 is 0 Å². The van der Waals surface area contributed by atoms with E-state index in [9.17, 15) is 19.2 Å². The second-order valence-electron chi connectivity index (χ2n) is 4.61. The van der Waals surface area contributed by atoms with Crippen molar-refractivity contribution in [3.63, 3.8) is 0 Å². The smallest absolute Gasteiger partial charge is 0.408 e. The van der Waals surface area contributed by atoms with Crippen LogP contribution in [0.1, 0.15) is 12.0 Å². The molecule has 0 radical (unpaired) electrons. The molecule has 9 nitrogen and oxygen atoms in total. The van der Waals surface area contributed by atoms with Crippen LogP contribution < -0.4 is 22.1 Å². The summed E-state index contributed by atoms with van der Waals surface area (Å²) >= 11 is 0. The molecular weight excluding hydrogens is 304 g/mol. The number of hydrogen-bond acceptors (Lipinski definition) is 5. The fourth-order valence-electron chi connectivity index (χ4n) is 1.61. The normalized spacial score (nSPS) is 11.1. The summed E-state index contributed by atoms with van der Waals surface area (Å²) in [6, 6.07) is 7.64. The first-order chi connectivity index (χ1) is 10.9. The summed E-state index contributed by atoms with van der Waals surface area (Å²) in [4.78, 5) is 45.1. The maximum Gasteiger partial charge on any atom is 0.408 e. The monoisotopic (exact) mass is 322 g/mol. The van der Waals surface area contributed by atoms with Crippen molar-refractivity contribution in [2.45, 2.75) is 19.1 Å². The van der Waals surface area contributed by atoms with Gasteiger partial charge in [0.1, 0.15) is 12.6 Å². The van der Waals surface area contributed by atoms with E-state index in [0.29, 0.717) is 0 Å². The number of benzene rings is 1. The van der Waals surface area contributed by atoms with Gasteiger partial charge in [-0.1, -0.05) is 30.3 Å². The SMILES string of the molecule is NC(=O)CNC(=O)C(CC(N)=O)NC(=O)OCc1ccccc1. The van der Waals surface area contributed by atoms with Crippen LogP contribution in [0.4, 0.5) is 4.79 Å². The van der Waals surface area contributed by atoms with Crippen molar-refractivity contribution in [3.8, 4) is 0 Å². The van der Waals surface area contributed by atoms with Gasteiger partial charge in [-0.2, -0.15) is 0 Å². The van der Waals surface area contributed by atoms with Crippen molar-refractivity contribution in [1.82, 2.24) is 10.6 Å². The summed E-state index contributed by atoms with van der Waals surface area (Å²) in [7, 11) is 0. The average molecular weight is 322 g/mol. The molecule has 0 aliphatic carbocycles. The third-order valence-electron chi connectivity index (χ3n) is 2.66. The lowest BCUT2D eigenvalue weighted by molar-refractivity contribution is -0.128. The molecule has 0 bridgehead atoms. The molecule has 0 aliphatic heterocycles. The zero-order valence-corrected chi connectivity index (χ0v) is 12.3. The van der Waals surface area contributed by atoms with E-state index in [-0.39, 0.29) is 6.61 Å². The van der Waals surface area contributed by atoms with E-state index in [1.807, 2.05) is 6.07 Å². The molecule has 1 unspecified atom stereocenters. The van der Waals surface area contributed by atoms with E-state index in [1.54, 1.807) is 24.3 Å². The highest BCUT2D eigenvalue weighted by atomic mass is 16.5. The number of alkyl carbamates (subject to hydrolysis) is 1. The Hall–Kier alpha value is -3.10. The average Bonchev–Trinajstić information content (AvgIpc) is 2.50. The zero-order valence-electron chi connectivity index (χ0n) is 12.3. The first-order valence-corrected chi connectivity index (χ1v) is 6.70. The highest BCUT2D eigenvalue weighted by molar-refractivity contribution is 5.92. The Balaban J connectivity index is 2.54. The first kappa shape index (κ1) is 18.0. The van der Waals surface area contributed by atoms with Crippen LogP contribution in [0.25, 0.3) is 0 Å². The predicted molar refractivity (Wildman–Crippen MR) is 79.6 cm³/mol. The quantitative estimate of drug-likeness (QED) is 0.471. The second-order valence-corrected chi connectivity index (χ2v) is 4.61. The molecule has 1 aromatic carbocycles. The Kier molecular flexibility index (Phi) is 7.05. The van der Waals surface area contributed by atoms with Crippen molar-refractivity contribution in [1.29, 1.82) is 0 Å². The maximum atomic E-state index is 11.8. The molecule has 23 heavy (non-hydrogen) atoms. The summed E-state index contributed by atoms with van der Waals surface area (Å²) < 4.78 is 4.94. The molecule has 0 saturated heterocycles. The van der Waals surface area contributed by atoms with Crippen LogP contribution in [0.15, 0.2) is 30.3 Å². The standard InChI is InChI=1S/C14H18N4O5/c15-11(19)6-10(13(21)17-7-12(16)20)18-14(22)23-8-9-4-2-1-3-5-9/h1-5,10H,6-8H2,(H2,15,19)(H2,16,20)(H,17,21)(H,18,22). The molecule has 9 heteroatoms. The van der Waals surface area contributed by atoms with Crippen LogP contribution in [0.5, 0.6) is 0 Å². The molecule has 4 amide bonds. The van der Waals surface area contributed by atoms with E-state index < -0.39 is 42.8 Å². The minimum atomic E-state index is -1.25. The minimum absolute atomic E-state index is 0.00112. The molecule has 1 atom stereocenters. The molecule has 0 heterocycles. The number of rotatable bonds is 8. The molecule has 0 aliphatic rings. The summed E-state index contributed by atoms with van der Waals surface area (Å²) in [5, 5.41) is 4.39. The molecule has 0 fully saturated rings. The topological polar surface area (TPSA) is 154 Å².